The van der Waals surface area contributed by atoms with Crippen molar-refractivity contribution in [3.8, 4) is 0 Å². The van der Waals surface area contributed by atoms with Crippen LogP contribution in [0.2, 0.25) is 0 Å². The van der Waals surface area contributed by atoms with Gasteiger partial charge >= 0.3 is 21.7 Å². The average Bonchev–Trinajstić information content (AvgIpc) is 2.60. The van der Waals surface area contributed by atoms with Crippen molar-refractivity contribution in [2.24, 2.45) is 0 Å². The molecule has 13 heavy (non-hydrogen) atoms. The summed E-state index contributed by atoms with van der Waals surface area (Å²) in [5, 5.41) is 0. The first-order valence-corrected chi connectivity index (χ1v) is 4.01. The Morgan fingerprint density at radius 1 is 0.923 bits per heavy atom. The van der Waals surface area contributed by atoms with Crippen LogP contribution in [0, 0.1) is 6.42 Å². The summed E-state index contributed by atoms with van der Waals surface area (Å²) in [7, 11) is 0. The van der Waals surface area contributed by atoms with Crippen LogP contribution in [0.1, 0.15) is 12.8 Å². The normalized spacial score (nSPS) is 17.2. The van der Waals surface area contributed by atoms with E-state index in [2.05, 4.69) is 42.9 Å². The van der Waals surface area contributed by atoms with Gasteiger partial charge in [0.15, 0.2) is 0 Å². The van der Waals surface area contributed by atoms with E-state index in [4.69, 9.17) is 0 Å². The predicted octanol–water partition coefficient (Wildman–Crippen LogP) is -0.0352. The van der Waals surface area contributed by atoms with Crippen LogP contribution >= 0.6 is 0 Å². The zero-order valence-corrected chi connectivity index (χ0v) is 8.90. The van der Waals surface area contributed by atoms with Crippen LogP contribution in [-0.4, -0.2) is 0 Å². The summed E-state index contributed by atoms with van der Waals surface area (Å²) in [6.45, 7) is 0. The standard InChI is InChI=1S/C11H11.FH.Ti/c1-2-6-10(5-1)9-11-7-3-4-8-11;;/h1-5,7,9H,6,8H2;1H;/q-1;;+2/p-1. The molecule has 0 unspecified atom stereocenters. The van der Waals surface area contributed by atoms with Crippen molar-refractivity contribution < 1.29 is 26.4 Å². The van der Waals surface area contributed by atoms with Crippen molar-refractivity contribution in [2.75, 3.05) is 0 Å². The fraction of sp³-hybridized carbons (Fsp3) is 0.182. The molecule has 0 aliphatic heterocycles. The quantitative estimate of drug-likeness (QED) is 0.443. The largest absolute Gasteiger partial charge is 2.00 e. The first-order valence-electron chi connectivity index (χ1n) is 4.01. The second kappa shape index (κ2) is 6.01. The van der Waals surface area contributed by atoms with Gasteiger partial charge in [-0.3, -0.25) is 0 Å². The third-order valence-electron chi connectivity index (χ3n) is 1.97. The van der Waals surface area contributed by atoms with Gasteiger partial charge in [-0.05, 0) is 12.8 Å². The molecule has 0 fully saturated rings. The van der Waals surface area contributed by atoms with E-state index in [0.717, 1.165) is 12.8 Å². The third-order valence-corrected chi connectivity index (χ3v) is 1.97. The number of halogens is 1. The van der Waals surface area contributed by atoms with Crippen molar-refractivity contribution in [3.05, 3.63) is 54.0 Å². The van der Waals surface area contributed by atoms with Gasteiger partial charge in [0.25, 0.3) is 0 Å². The van der Waals surface area contributed by atoms with Gasteiger partial charge in [-0.25, -0.2) is 0 Å². The second-order valence-electron chi connectivity index (χ2n) is 2.89. The van der Waals surface area contributed by atoms with Crippen LogP contribution in [0.5, 0.6) is 0 Å². The molecular formula is C11H11FTi. The summed E-state index contributed by atoms with van der Waals surface area (Å²) in [5.41, 5.74) is 2.86. The maximum atomic E-state index is 2.28. The van der Waals surface area contributed by atoms with Gasteiger partial charge in [-0.1, -0.05) is 12.2 Å². The van der Waals surface area contributed by atoms with Gasteiger partial charge in [0.2, 0.25) is 0 Å². The predicted molar refractivity (Wildman–Crippen MR) is 48.0 cm³/mol. The summed E-state index contributed by atoms with van der Waals surface area (Å²) in [6, 6.07) is 0. The Bertz CT molecular complexity index is 244. The van der Waals surface area contributed by atoms with Crippen molar-refractivity contribution in [1.82, 2.24) is 0 Å². The number of allylic oxidation sites excluding steroid dienone is 8. The van der Waals surface area contributed by atoms with E-state index in [1.165, 1.54) is 11.1 Å². The first kappa shape index (κ1) is 12.5. The topological polar surface area (TPSA) is 0 Å². The number of hydrogen-bond donors (Lipinski definition) is 0. The van der Waals surface area contributed by atoms with E-state index in [0.29, 0.717) is 0 Å². The van der Waals surface area contributed by atoms with Gasteiger partial charge in [-0.15, -0.1) is 12.2 Å². The smallest absolute Gasteiger partial charge is 1.00 e. The molecular weight excluding hydrogens is 199 g/mol. The minimum atomic E-state index is 0. The van der Waals surface area contributed by atoms with Crippen LogP contribution in [-0.2, 0) is 21.7 Å². The molecule has 0 aromatic carbocycles. The monoisotopic (exact) mass is 210 g/mol. The summed E-state index contributed by atoms with van der Waals surface area (Å²) in [6.07, 6.45) is 17.5. The van der Waals surface area contributed by atoms with E-state index in [1.807, 2.05) is 0 Å². The summed E-state index contributed by atoms with van der Waals surface area (Å²) < 4.78 is 0. The summed E-state index contributed by atoms with van der Waals surface area (Å²) in [5.74, 6) is 0. The molecule has 0 saturated heterocycles. The fourth-order valence-electron chi connectivity index (χ4n) is 1.38. The number of rotatable bonds is 2. The van der Waals surface area contributed by atoms with E-state index < -0.39 is 0 Å². The van der Waals surface area contributed by atoms with Crippen LogP contribution in [0.4, 0.5) is 0 Å². The van der Waals surface area contributed by atoms with E-state index in [1.54, 1.807) is 0 Å². The molecule has 0 N–H and O–H groups in total. The van der Waals surface area contributed by atoms with Gasteiger partial charge < -0.3 is 4.70 Å². The van der Waals surface area contributed by atoms with Crippen LogP contribution in [0.3, 0.4) is 0 Å². The number of hydrogen-bond acceptors (Lipinski definition) is 0. The maximum Gasteiger partial charge on any atom is 2.00 e. The third kappa shape index (κ3) is 3.37. The molecule has 2 aliphatic carbocycles. The Morgan fingerprint density at radius 2 is 1.38 bits per heavy atom. The molecule has 0 amide bonds. The molecule has 0 saturated carbocycles. The molecule has 0 spiro atoms. The zero-order chi connectivity index (χ0) is 7.52. The Hall–Kier alpha value is -0.526. The minimum absolute atomic E-state index is 0. The van der Waals surface area contributed by atoms with E-state index in [9.17, 15) is 0 Å². The molecule has 0 atom stereocenters. The van der Waals surface area contributed by atoms with E-state index >= 15 is 0 Å². The Morgan fingerprint density at radius 3 is 1.69 bits per heavy atom. The van der Waals surface area contributed by atoms with Crippen molar-refractivity contribution >= 4 is 0 Å². The van der Waals surface area contributed by atoms with Crippen LogP contribution in [0.15, 0.2) is 47.6 Å². The van der Waals surface area contributed by atoms with Crippen LogP contribution in [0.25, 0.3) is 0 Å². The Labute approximate surface area is 93.4 Å². The molecule has 2 heteroatoms. The summed E-state index contributed by atoms with van der Waals surface area (Å²) in [4.78, 5) is 0. The molecule has 66 valence electrons. The Kier molecular flexibility index (Phi) is 5.77. The molecule has 0 aromatic heterocycles. The van der Waals surface area contributed by atoms with Crippen LogP contribution < -0.4 is 4.70 Å². The first-order chi connectivity index (χ1) is 5.45. The molecule has 0 radical (unpaired) electrons. The Balaban J connectivity index is 0.000000720. The maximum absolute atomic E-state index is 2.28. The molecule has 2 rings (SSSR count). The molecule has 0 nitrogen and oxygen atoms in total. The van der Waals surface area contributed by atoms with Crippen molar-refractivity contribution in [2.45, 2.75) is 12.8 Å². The molecule has 0 heterocycles. The van der Waals surface area contributed by atoms with Gasteiger partial charge in [-0.2, -0.15) is 29.7 Å². The van der Waals surface area contributed by atoms with Crippen molar-refractivity contribution in [1.29, 1.82) is 0 Å². The zero-order valence-electron chi connectivity index (χ0n) is 7.33. The minimum Gasteiger partial charge on any atom is -1.00 e. The second-order valence-corrected chi connectivity index (χ2v) is 2.89. The molecule has 0 aromatic rings. The summed E-state index contributed by atoms with van der Waals surface area (Å²) >= 11 is 0. The van der Waals surface area contributed by atoms with Gasteiger partial charge in [0.1, 0.15) is 0 Å². The SMILES string of the molecule is C1=CCC([CH-]C2=CC=CC2)=C1.[F-].[Ti+2]. The fourth-order valence-corrected chi connectivity index (χ4v) is 1.38. The molecule has 0 bridgehead atoms. The van der Waals surface area contributed by atoms with Gasteiger partial charge in [0, 0.05) is 0 Å². The van der Waals surface area contributed by atoms with Crippen molar-refractivity contribution in [3.63, 3.8) is 0 Å². The molecule has 2 aliphatic rings. The average molecular weight is 210 g/mol. The van der Waals surface area contributed by atoms with Gasteiger partial charge in [0.05, 0.1) is 0 Å². The van der Waals surface area contributed by atoms with E-state index in [-0.39, 0.29) is 26.4 Å².